The first-order valence-electron chi connectivity index (χ1n) is 8.26. The van der Waals surface area contributed by atoms with Crippen LogP contribution in [-0.4, -0.2) is 23.0 Å². The Morgan fingerprint density at radius 3 is 2.70 bits per heavy atom. The average Bonchev–Trinajstić information content (AvgIpc) is 2.56. The van der Waals surface area contributed by atoms with Crippen LogP contribution in [0.15, 0.2) is 42.7 Å². The molecule has 0 aliphatic carbocycles. The monoisotopic (exact) mass is 316 g/mol. The Hall–Kier alpha value is -1.81. The van der Waals surface area contributed by atoms with E-state index in [0.717, 1.165) is 38.9 Å². The highest BCUT2D eigenvalue weighted by Crippen LogP contribution is 2.24. The summed E-state index contributed by atoms with van der Waals surface area (Å²) < 4.78 is 27.4. The molecule has 0 spiro atoms. The largest absolute Gasteiger partial charge is 0.299 e. The molecule has 0 bridgehead atoms. The van der Waals surface area contributed by atoms with Crippen molar-refractivity contribution in [3.8, 4) is 0 Å². The summed E-state index contributed by atoms with van der Waals surface area (Å²) >= 11 is 0. The molecule has 1 aliphatic rings. The van der Waals surface area contributed by atoms with Crippen LogP contribution in [0.4, 0.5) is 8.78 Å². The van der Waals surface area contributed by atoms with Gasteiger partial charge in [0, 0.05) is 31.0 Å². The second-order valence-corrected chi connectivity index (χ2v) is 6.34. The molecule has 2 heterocycles. The SMILES string of the molecule is Fc1cccc(F)c1CC[C@@H]1CCCN(Cc2cccnc2)C1. The summed E-state index contributed by atoms with van der Waals surface area (Å²) in [6.45, 7) is 2.98. The molecule has 1 saturated heterocycles. The minimum atomic E-state index is -0.423. The van der Waals surface area contributed by atoms with Gasteiger partial charge in [0.05, 0.1) is 0 Å². The Labute approximate surface area is 136 Å². The lowest BCUT2D eigenvalue weighted by atomic mass is 9.91. The van der Waals surface area contributed by atoms with Gasteiger partial charge in [-0.2, -0.15) is 0 Å². The van der Waals surface area contributed by atoms with E-state index in [1.807, 2.05) is 12.3 Å². The van der Waals surface area contributed by atoms with Gasteiger partial charge in [-0.1, -0.05) is 12.1 Å². The average molecular weight is 316 g/mol. The van der Waals surface area contributed by atoms with Crippen LogP contribution in [0.3, 0.4) is 0 Å². The summed E-state index contributed by atoms with van der Waals surface area (Å²) in [7, 11) is 0. The van der Waals surface area contributed by atoms with E-state index in [9.17, 15) is 8.78 Å². The third-order valence-electron chi connectivity index (χ3n) is 4.60. The van der Waals surface area contributed by atoms with Crippen molar-refractivity contribution in [3.63, 3.8) is 0 Å². The zero-order chi connectivity index (χ0) is 16.1. The summed E-state index contributed by atoms with van der Waals surface area (Å²) in [6.07, 6.45) is 7.28. The van der Waals surface area contributed by atoms with Crippen LogP contribution in [-0.2, 0) is 13.0 Å². The summed E-state index contributed by atoms with van der Waals surface area (Å²) in [6, 6.07) is 8.15. The van der Waals surface area contributed by atoms with Crippen LogP contribution in [0.5, 0.6) is 0 Å². The maximum Gasteiger partial charge on any atom is 0.129 e. The van der Waals surface area contributed by atoms with Gasteiger partial charge in [-0.25, -0.2) is 8.78 Å². The number of benzene rings is 1. The van der Waals surface area contributed by atoms with Gasteiger partial charge in [-0.3, -0.25) is 9.88 Å². The Bertz CT molecular complexity index is 610. The van der Waals surface area contributed by atoms with E-state index < -0.39 is 11.6 Å². The molecule has 3 rings (SSSR count). The molecule has 0 unspecified atom stereocenters. The van der Waals surface area contributed by atoms with E-state index in [1.54, 1.807) is 6.20 Å². The van der Waals surface area contributed by atoms with Crippen molar-refractivity contribution in [2.75, 3.05) is 13.1 Å². The van der Waals surface area contributed by atoms with Gasteiger partial charge >= 0.3 is 0 Å². The number of hydrogen-bond donors (Lipinski definition) is 0. The molecule has 2 nitrogen and oxygen atoms in total. The summed E-state index contributed by atoms with van der Waals surface area (Å²) in [4.78, 5) is 6.57. The van der Waals surface area contributed by atoms with Crippen LogP contribution in [0, 0.1) is 17.6 Å². The number of likely N-dealkylation sites (tertiary alicyclic amines) is 1. The topological polar surface area (TPSA) is 16.1 Å². The lowest BCUT2D eigenvalue weighted by Gasteiger charge is -2.32. The molecule has 0 N–H and O–H groups in total. The number of nitrogens with zero attached hydrogens (tertiary/aromatic N) is 2. The van der Waals surface area contributed by atoms with Gasteiger partial charge in [-0.05, 0) is 61.9 Å². The molecule has 1 fully saturated rings. The van der Waals surface area contributed by atoms with E-state index >= 15 is 0 Å². The van der Waals surface area contributed by atoms with Crippen molar-refractivity contribution < 1.29 is 8.78 Å². The molecule has 1 aromatic carbocycles. The van der Waals surface area contributed by atoms with Crippen molar-refractivity contribution in [2.24, 2.45) is 5.92 Å². The number of piperidine rings is 1. The molecule has 23 heavy (non-hydrogen) atoms. The fraction of sp³-hybridized carbons (Fsp3) is 0.421. The molecular weight excluding hydrogens is 294 g/mol. The minimum absolute atomic E-state index is 0.233. The zero-order valence-corrected chi connectivity index (χ0v) is 13.2. The van der Waals surface area contributed by atoms with Crippen LogP contribution in [0.2, 0.25) is 0 Å². The second-order valence-electron chi connectivity index (χ2n) is 6.34. The second kappa shape index (κ2) is 7.64. The molecule has 1 aliphatic heterocycles. The number of aromatic nitrogens is 1. The molecule has 1 atom stereocenters. The smallest absolute Gasteiger partial charge is 0.129 e. The molecule has 2 aromatic rings. The standard InChI is InChI=1S/C19H22F2N2/c20-18-6-1-7-19(21)17(18)9-8-15-5-3-11-23(13-15)14-16-4-2-10-22-12-16/h1-2,4,6-7,10,12,15H,3,5,8-9,11,13-14H2/t15-/m0/s1. The fourth-order valence-corrected chi connectivity index (χ4v) is 3.40. The highest BCUT2D eigenvalue weighted by Gasteiger charge is 2.21. The zero-order valence-electron chi connectivity index (χ0n) is 13.2. The molecule has 0 saturated carbocycles. The summed E-state index contributed by atoms with van der Waals surface area (Å²) in [5, 5.41) is 0. The fourth-order valence-electron chi connectivity index (χ4n) is 3.40. The Balaban J connectivity index is 1.55. The van der Waals surface area contributed by atoms with Crippen molar-refractivity contribution in [1.82, 2.24) is 9.88 Å². The Morgan fingerprint density at radius 1 is 1.13 bits per heavy atom. The van der Waals surface area contributed by atoms with Gasteiger partial charge in [0.25, 0.3) is 0 Å². The molecule has 1 aromatic heterocycles. The van der Waals surface area contributed by atoms with E-state index in [-0.39, 0.29) is 5.56 Å². The van der Waals surface area contributed by atoms with Crippen LogP contribution >= 0.6 is 0 Å². The first-order chi connectivity index (χ1) is 11.2. The lowest BCUT2D eigenvalue weighted by Crippen LogP contribution is -2.35. The predicted octanol–water partition coefficient (Wildman–Crippen LogP) is 4.20. The van der Waals surface area contributed by atoms with Crippen LogP contribution in [0.25, 0.3) is 0 Å². The van der Waals surface area contributed by atoms with Gasteiger partial charge in [0.1, 0.15) is 11.6 Å². The molecule has 4 heteroatoms. The van der Waals surface area contributed by atoms with E-state index in [1.165, 1.54) is 23.8 Å². The molecular formula is C19H22F2N2. The Morgan fingerprint density at radius 2 is 1.96 bits per heavy atom. The quantitative estimate of drug-likeness (QED) is 0.821. The van der Waals surface area contributed by atoms with Gasteiger partial charge < -0.3 is 0 Å². The van der Waals surface area contributed by atoms with Crippen molar-refractivity contribution in [2.45, 2.75) is 32.2 Å². The predicted molar refractivity (Wildman–Crippen MR) is 86.9 cm³/mol. The van der Waals surface area contributed by atoms with Crippen molar-refractivity contribution >= 4 is 0 Å². The first kappa shape index (κ1) is 16.1. The lowest BCUT2D eigenvalue weighted by molar-refractivity contribution is 0.161. The summed E-state index contributed by atoms with van der Waals surface area (Å²) in [5.41, 5.74) is 1.45. The van der Waals surface area contributed by atoms with Crippen molar-refractivity contribution in [1.29, 1.82) is 0 Å². The Kier molecular flexibility index (Phi) is 5.34. The third kappa shape index (κ3) is 4.35. The highest BCUT2D eigenvalue weighted by atomic mass is 19.1. The highest BCUT2D eigenvalue weighted by molar-refractivity contribution is 5.19. The van der Waals surface area contributed by atoms with Crippen LogP contribution in [0.1, 0.15) is 30.4 Å². The van der Waals surface area contributed by atoms with E-state index in [2.05, 4.69) is 16.0 Å². The number of hydrogen-bond acceptors (Lipinski definition) is 2. The van der Waals surface area contributed by atoms with Gasteiger partial charge in [0.2, 0.25) is 0 Å². The van der Waals surface area contributed by atoms with Gasteiger partial charge in [-0.15, -0.1) is 0 Å². The van der Waals surface area contributed by atoms with E-state index in [4.69, 9.17) is 0 Å². The normalized spacial score (nSPS) is 19.0. The number of pyridine rings is 1. The third-order valence-corrected chi connectivity index (χ3v) is 4.60. The van der Waals surface area contributed by atoms with Crippen LogP contribution < -0.4 is 0 Å². The first-order valence-corrected chi connectivity index (χ1v) is 8.26. The maximum absolute atomic E-state index is 13.7. The maximum atomic E-state index is 13.7. The number of halogens is 2. The molecule has 122 valence electrons. The number of rotatable bonds is 5. The van der Waals surface area contributed by atoms with Gasteiger partial charge in [0.15, 0.2) is 0 Å². The molecule has 0 radical (unpaired) electrons. The summed E-state index contributed by atoms with van der Waals surface area (Å²) in [5.74, 6) is -0.347. The minimum Gasteiger partial charge on any atom is -0.299 e. The van der Waals surface area contributed by atoms with E-state index in [0.29, 0.717) is 12.3 Å². The molecule has 0 amide bonds. The van der Waals surface area contributed by atoms with Crippen molar-refractivity contribution in [3.05, 3.63) is 65.5 Å².